The first-order valence-corrected chi connectivity index (χ1v) is 13.8. The van der Waals surface area contributed by atoms with Crippen LogP contribution in [0.5, 0.6) is 0 Å². The molecular formula is C24H23FN8O5S2. The molecule has 0 spiro atoms. The summed E-state index contributed by atoms with van der Waals surface area (Å²) in [5.74, 6) is -0.962. The second-order valence-electron chi connectivity index (χ2n) is 8.67. The minimum atomic E-state index is -0.539. The zero-order chi connectivity index (χ0) is 28.6. The molecule has 208 valence electrons. The van der Waals surface area contributed by atoms with Crippen molar-refractivity contribution in [1.29, 1.82) is 0 Å². The van der Waals surface area contributed by atoms with Crippen LogP contribution < -0.4 is 16.6 Å². The molecule has 5 aromatic rings. The monoisotopic (exact) mass is 586 g/mol. The molecule has 5 rings (SSSR count). The van der Waals surface area contributed by atoms with Gasteiger partial charge in [-0.3, -0.25) is 28.1 Å². The molecule has 0 aliphatic heterocycles. The number of carbonyl (C=O) groups is 2. The Morgan fingerprint density at radius 3 is 2.60 bits per heavy atom. The summed E-state index contributed by atoms with van der Waals surface area (Å²) in [7, 11) is 2.92. The highest BCUT2D eigenvalue weighted by Gasteiger charge is 2.24. The Kier molecular flexibility index (Phi) is 7.53. The fourth-order valence-corrected chi connectivity index (χ4v) is 5.59. The number of rotatable bonds is 9. The molecule has 0 bridgehead atoms. The molecule has 1 amide bonds. The average Bonchev–Trinajstić information content (AvgIpc) is 3.62. The maximum absolute atomic E-state index is 13.5. The fourth-order valence-electron chi connectivity index (χ4n) is 4.14. The molecule has 0 radical (unpaired) electrons. The Morgan fingerprint density at radius 2 is 1.88 bits per heavy atom. The average molecular weight is 587 g/mol. The molecule has 1 aromatic carbocycles. The highest BCUT2D eigenvalue weighted by molar-refractivity contribution is 7.99. The fraction of sp³-hybridized carbons (Fsp3) is 0.292. The number of esters is 1. The van der Waals surface area contributed by atoms with Gasteiger partial charge in [-0.15, -0.1) is 21.5 Å². The number of imidazole rings is 1. The van der Waals surface area contributed by atoms with E-state index in [0.717, 1.165) is 16.3 Å². The number of thioether (sulfide) groups is 1. The Hall–Kier alpha value is -4.31. The quantitative estimate of drug-likeness (QED) is 0.201. The summed E-state index contributed by atoms with van der Waals surface area (Å²) >= 11 is 2.24. The third-order valence-corrected chi connectivity index (χ3v) is 7.70. The maximum atomic E-state index is 13.5. The number of carbonyl (C=O) groups excluding carboxylic acids is 2. The summed E-state index contributed by atoms with van der Waals surface area (Å²) in [6.45, 7) is 2.16. The lowest BCUT2D eigenvalue weighted by Crippen LogP contribution is -2.37. The van der Waals surface area contributed by atoms with Gasteiger partial charge >= 0.3 is 11.7 Å². The Bertz CT molecular complexity index is 1870. The Labute approximate surface area is 233 Å². The van der Waals surface area contributed by atoms with Gasteiger partial charge in [0.25, 0.3) is 5.56 Å². The van der Waals surface area contributed by atoms with Crippen LogP contribution in [0.3, 0.4) is 0 Å². The third-order valence-electron chi connectivity index (χ3n) is 5.97. The highest BCUT2D eigenvalue weighted by Crippen LogP contribution is 2.25. The van der Waals surface area contributed by atoms with Crippen molar-refractivity contribution in [3.05, 3.63) is 67.6 Å². The van der Waals surface area contributed by atoms with Gasteiger partial charge in [-0.1, -0.05) is 23.9 Å². The topological polar surface area (TPSA) is 147 Å². The van der Waals surface area contributed by atoms with Crippen LogP contribution in [0.4, 0.5) is 9.52 Å². The van der Waals surface area contributed by atoms with Crippen molar-refractivity contribution in [2.75, 3.05) is 17.7 Å². The van der Waals surface area contributed by atoms with Gasteiger partial charge in [0, 0.05) is 19.5 Å². The number of aryl methyl sites for hydroxylation is 1. The first-order valence-electron chi connectivity index (χ1n) is 12.0. The van der Waals surface area contributed by atoms with E-state index in [-0.39, 0.29) is 48.2 Å². The number of benzene rings is 1. The Morgan fingerprint density at radius 1 is 1.12 bits per heavy atom. The smallest absolute Gasteiger partial charge is 0.332 e. The van der Waals surface area contributed by atoms with E-state index >= 15 is 0 Å². The summed E-state index contributed by atoms with van der Waals surface area (Å²) in [6.07, 6.45) is 0.00680. The van der Waals surface area contributed by atoms with Gasteiger partial charge in [0.1, 0.15) is 5.82 Å². The van der Waals surface area contributed by atoms with Crippen LogP contribution in [0.1, 0.15) is 18.2 Å². The van der Waals surface area contributed by atoms with Crippen molar-refractivity contribution in [1.82, 2.24) is 33.3 Å². The van der Waals surface area contributed by atoms with Crippen LogP contribution >= 0.6 is 23.1 Å². The maximum Gasteiger partial charge on any atom is 0.332 e. The Balaban J connectivity index is 1.44. The molecule has 1 N–H and O–H groups in total. The lowest BCUT2D eigenvalue weighted by Gasteiger charge is -2.07. The number of halogens is 1. The molecule has 0 aliphatic rings. The molecule has 0 atom stereocenters. The lowest BCUT2D eigenvalue weighted by molar-refractivity contribution is -0.142. The number of ether oxygens (including phenoxy) is 1. The van der Waals surface area contributed by atoms with E-state index in [1.807, 2.05) is 0 Å². The third kappa shape index (κ3) is 5.14. The van der Waals surface area contributed by atoms with E-state index in [0.29, 0.717) is 21.5 Å². The number of anilines is 1. The lowest BCUT2D eigenvalue weighted by atomic mass is 10.2. The number of thiazole rings is 1. The number of hydrogen-bond acceptors (Lipinski definition) is 10. The second-order valence-corrected chi connectivity index (χ2v) is 10.5. The number of hydrogen-bond donors (Lipinski definition) is 1. The number of nitrogens with zero attached hydrogens (tertiary/aromatic N) is 7. The summed E-state index contributed by atoms with van der Waals surface area (Å²) < 4.78 is 23.9. The van der Waals surface area contributed by atoms with Crippen molar-refractivity contribution in [2.45, 2.75) is 25.0 Å². The van der Waals surface area contributed by atoms with Gasteiger partial charge in [-0.25, -0.2) is 18.6 Å². The van der Waals surface area contributed by atoms with E-state index in [1.54, 1.807) is 33.4 Å². The van der Waals surface area contributed by atoms with Crippen LogP contribution in [0.25, 0.3) is 16.9 Å². The van der Waals surface area contributed by atoms with E-state index < -0.39 is 23.0 Å². The molecule has 0 saturated carbocycles. The van der Waals surface area contributed by atoms with Crippen LogP contribution in [0, 0.1) is 5.82 Å². The minimum absolute atomic E-state index is 0.00680. The van der Waals surface area contributed by atoms with E-state index in [9.17, 15) is 23.6 Å². The highest BCUT2D eigenvalue weighted by atomic mass is 32.2. The molecular weight excluding hydrogens is 563 g/mol. The van der Waals surface area contributed by atoms with Crippen LogP contribution in [-0.2, 0) is 41.4 Å². The van der Waals surface area contributed by atoms with Crippen LogP contribution in [0.15, 0.2) is 44.4 Å². The van der Waals surface area contributed by atoms with Crippen molar-refractivity contribution in [2.24, 2.45) is 14.1 Å². The summed E-state index contributed by atoms with van der Waals surface area (Å²) in [4.78, 5) is 54.6. The van der Waals surface area contributed by atoms with Gasteiger partial charge < -0.3 is 10.1 Å². The van der Waals surface area contributed by atoms with Gasteiger partial charge in [0.2, 0.25) is 11.7 Å². The number of fused-ring (bicyclic) bond motifs is 3. The molecule has 40 heavy (non-hydrogen) atoms. The molecule has 4 heterocycles. The second kappa shape index (κ2) is 11.1. The number of amides is 1. The number of aromatic nitrogens is 7. The molecule has 0 saturated heterocycles. The first-order chi connectivity index (χ1) is 19.2. The first kappa shape index (κ1) is 27.3. The standard InChI is InChI=1S/C24H23FN8O5S2/c1-4-38-17(35)9-15-11-39-21(26-15)27-16(34)12-40-23-29-28-22-32(10-13-5-7-14(25)8-6-13)18-19(33(22)23)30(2)24(37)31(3)20(18)36/h5-8,11H,4,9-10,12H2,1-3H3,(H,26,27,34). The summed E-state index contributed by atoms with van der Waals surface area (Å²) in [5.41, 5.74) is 0.606. The summed E-state index contributed by atoms with van der Waals surface area (Å²) in [5, 5.41) is 13.4. The summed E-state index contributed by atoms with van der Waals surface area (Å²) in [6, 6.07) is 5.82. The minimum Gasteiger partial charge on any atom is -0.466 e. The molecule has 16 heteroatoms. The van der Waals surface area contributed by atoms with Crippen molar-refractivity contribution in [3.63, 3.8) is 0 Å². The van der Waals surface area contributed by atoms with Crippen LogP contribution in [-0.4, -0.2) is 57.5 Å². The van der Waals surface area contributed by atoms with Gasteiger partial charge in [0.15, 0.2) is 21.5 Å². The molecule has 0 aliphatic carbocycles. The number of nitrogens with one attached hydrogen (secondary N) is 1. The van der Waals surface area contributed by atoms with Crippen LogP contribution in [0.2, 0.25) is 0 Å². The van der Waals surface area contributed by atoms with E-state index in [4.69, 9.17) is 4.74 Å². The van der Waals surface area contributed by atoms with Crippen molar-refractivity contribution in [3.8, 4) is 0 Å². The van der Waals surface area contributed by atoms with Crippen molar-refractivity contribution < 1.29 is 18.7 Å². The predicted molar refractivity (Wildman–Crippen MR) is 146 cm³/mol. The van der Waals surface area contributed by atoms with Gasteiger partial charge in [-0.05, 0) is 24.6 Å². The van der Waals surface area contributed by atoms with Gasteiger partial charge in [-0.2, -0.15) is 0 Å². The van der Waals surface area contributed by atoms with Crippen molar-refractivity contribution >= 4 is 57.0 Å². The molecule has 0 fully saturated rings. The zero-order valence-corrected chi connectivity index (χ0v) is 23.2. The molecule has 4 aromatic heterocycles. The van der Waals surface area contributed by atoms with E-state index in [1.165, 1.54) is 42.1 Å². The predicted octanol–water partition coefficient (Wildman–Crippen LogP) is 1.56. The molecule has 13 nitrogen and oxygen atoms in total. The normalized spacial score (nSPS) is 11.4. The van der Waals surface area contributed by atoms with E-state index in [2.05, 4.69) is 20.5 Å². The largest absolute Gasteiger partial charge is 0.466 e. The zero-order valence-electron chi connectivity index (χ0n) is 21.6. The van der Waals surface area contributed by atoms with Gasteiger partial charge in [0.05, 0.1) is 31.0 Å². The SMILES string of the molecule is CCOC(=O)Cc1csc(NC(=O)CSc2nnc3n(Cc4ccc(F)cc4)c4c(=O)n(C)c(=O)n(C)c4n23)n1. The molecule has 0 unspecified atom stereocenters.